The largest absolute Gasteiger partial charge is 0.487 e. The van der Waals surface area contributed by atoms with Gasteiger partial charge in [0.25, 0.3) is 5.56 Å². The molecule has 182 valence electrons. The summed E-state index contributed by atoms with van der Waals surface area (Å²) in [6.07, 6.45) is 0. The molecule has 0 aliphatic heterocycles. The topological polar surface area (TPSA) is 69.9 Å². The summed E-state index contributed by atoms with van der Waals surface area (Å²) in [7, 11) is 0. The maximum Gasteiger partial charge on any atom is 0.283 e. The molecule has 9 heteroatoms. The van der Waals surface area contributed by atoms with Crippen LogP contribution in [0.1, 0.15) is 11.3 Å². The Labute approximate surface area is 213 Å². The second-order valence-corrected chi connectivity index (χ2v) is 10.1. The Kier molecular flexibility index (Phi) is 11.2. The first-order valence-electron chi connectivity index (χ1n) is 10.8. The van der Waals surface area contributed by atoms with Crippen LogP contribution in [-0.4, -0.2) is 47.9 Å². The Balaban J connectivity index is 1.26. The molecule has 1 heterocycles. The van der Waals surface area contributed by atoms with E-state index in [0.717, 1.165) is 27.0 Å². The van der Waals surface area contributed by atoms with E-state index in [4.69, 9.17) is 25.8 Å². The van der Waals surface area contributed by atoms with Gasteiger partial charge in [0.2, 0.25) is 0 Å². The van der Waals surface area contributed by atoms with Crippen LogP contribution < -0.4 is 10.3 Å². The number of thioether (sulfide) groups is 2. The van der Waals surface area contributed by atoms with E-state index in [2.05, 4.69) is 0 Å². The molecule has 3 aromatic rings. The maximum atomic E-state index is 11.7. The molecule has 0 atom stereocenters. The zero-order chi connectivity index (χ0) is 24.2. The number of hydrogen-bond donors (Lipinski definition) is 1. The summed E-state index contributed by atoms with van der Waals surface area (Å²) in [5.41, 5.74) is 0.716. The molecule has 34 heavy (non-hydrogen) atoms. The minimum Gasteiger partial charge on any atom is -0.487 e. The quantitative estimate of drug-likeness (QED) is 0.169. The van der Waals surface area contributed by atoms with Crippen LogP contribution in [0.2, 0.25) is 5.02 Å². The van der Waals surface area contributed by atoms with Crippen LogP contribution in [0.15, 0.2) is 75.2 Å². The van der Waals surface area contributed by atoms with Gasteiger partial charge in [0.05, 0.1) is 32.1 Å². The van der Waals surface area contributed by atoms with Crippen LogP contribution in [-0.2, 0) is 16.1 Å². The van der Waals surface area contributed by atoms with Crippen LogP contribution in [0.3, 0.4) is 0 Å². The average molecular weight is 522 g/mol. The van der Waals surface area contributed by atoms with Gasteiger partial charge in [-0.15, -0.1) is 28.3 Å². The number of benzene rings is 2. The average Bonchev–Trinajstić information content (AvgIpc) is 2.83. The van der Waals surface area contributed by atoms with E-state index in [1.54, 1.807) is 36.5 Å². The number of pyridine rings is 1. The standard InChI is InChI=1S/C25H28ClNO5S2/c1-19-15-21(27(29)25(28)16-19)18-32-22-3-2-4-24(17-22)34-14-12-31-10-9-30-11-13-33-23-7-5-20(26)6-8-23/h2-8,15-17,29H,9-14,18H2,1H3. The number of halogens is 1. The monoisotopic (exact) mass is 521 g/mol. The molecule has 0 saturated carbocycles. The van der Waals surface area contributed by atoms with Gasteiger partial charge in [0.1, 0.15) is 12.4 Å². The lowest BCUT2D eigenvalue weighted by molar-refractivity contribution is 0.0605. The molecule has 0 bridgehead atoms. The van der Waals surface area contributed by atoms with Gasteiger partial charge in [-0.25, -0.2) is 0 Å². The lowest BCUT2D eigenvalue weighted by Gasteiger charge is -2.11. The fraction of sp³-hybridized carbons (Fsp3) is 0.320. The van der Waals surface area contributed by atoms with Crippen molar-refractivity contribution in [2.75, 3.05) is 37.9 Å². The molecule has 3 rings (SSSR count). The molecule has 0 unspecified atom stereocenters. The maximum absolute atomic E-state index is 11.7. The summed E-state index contributed by atoms with van der Waals surface area (Å²) in [5, 5.41) is 10.6. The highest BCUT2D eigenvalue weighted by Gasteiger charge is 2.06. The van der Waals surface area contributed by atoms with Crippen LogP contribution >= 0.6 is 35.1 Å². The molecule has 0 radical (unpaired) electrons. The Morgan fingerprint density at radius 3 is 2.26 bits per heavy atom. The summed E-state index contributed by atoms with van der Waals surface area (Å²) < 4.78 is 17.6. The molecule has 0 aliphatic rings. The zero-order valence-corrected chi connectivity index (χ0v) is 21.3. The van der Waals surface area contributed by atoms with Crippen molar-refractivity contribution in [1.29, 1.82) is 0 Å². The number of nitrogens with zero attached hydrogens (tertiary/aromatic N) is 1. The highest BCUT2D eigenvalue weighted by molar-refractivity contribution is 7.99. The van der Waals surface area contributed by atoms with Crippen molar-refractivity contribution in [2.45, 2.75) is 23.3 Å². The highest BCUT2D eigenvalue weighted by Crippen LogP contribution is 2.23. The molecule has 1 aromatic heterocycles. The second kappa shape index (κ2) is 14.3. The van der Waals surface area contributed by atoms with Gasteiger partial charge in [-0.05, 0) is 61.0 Å². The fourth-order valence-electron chi connectivity index (χ4n) is 2.97. The third-order valence-corrected chi connectivity index (χ3v) is 6.78. The van der Waals surface area contributed by atoms with Crippen molar-refractivity contribution in [3.8, 4) is 5.75 Å². The molecule has 1 N–H and O–H groups in total. The Hall–Kier alpha value is -2.10. The van der Waals surface area contributed by atoms with Crippen LogP contribution in [0.25, 0.3) is 0 Å². The molecule has 0 saturated heterocycles. The molecule has 2 aromatic carbocycles. The first-order valence-corrected chi connectivity index (χ1v) is 13.2. The SMILES string of the molecule is Cc1cc(COc2cccc(SCCOCCOCCSc3ccc(Cl)cc3)c2)n(O)c(=O)c1. The number of aryl methyl sites for hydroxylation is 1. The smallest absolute Gasteiger partial charge is 0.283 e. The first-order chi connectivity index (χ1) is 16.5. The van der Waals surface area contributed by atoms with E-state index >= 15 is 0 Å². The summed E-state index contributed by atoms with van der Waals surface area (Å²) in [6.45, 7) is 4.34. The van der Waals surface area contributed by atoms with Crippen molar-refractivity contribution in [3.05, 3.63) is 87.3 Å². The lowest BCUT2D eigenvalue weighted by Crippen LogP contribution is -2.21. The first kappa shape index (κ1) is 26.5. The summed E-state index contributed by atoms with van der Waals surface area (Å²) >= 11 is 9.29. The van der Waals surface area contributed by atoms with Gasteiger partial charge >= 0.3 is 0 Å². The Morgan fingerprint density at radius 1 is 0.882 bits per heavy atom. The lowest BCUT2D eigenvalue weighted by atomic mass is 10.2. The number of hydrogen-bond acceptors (Lipinski definition) is 7. The normalized spacial score (nSPS) is 11.0. The van der Waals surface area contributed by atoms with Gasteiger partial charge in [-0.1, -0.05) is 17.7 Å². The second-order valence-electron chi connectivity index (χ2n) is 7.31. The number of ether oxygens (including phenoxy) is 3. The fourth-order valence-corrected chi connectivity index (χ4v) is 4.67. The van der Waals surface area contributed by atoms with Crippen molar-refractivity contribution >= 4 is 35.1 Å². The van der Waals surface area contributed by atoms with Gasteiger partial charge in [-0.2, -0.15) is 0 Å². The molecule has 0 fully saturated rings. The summed E-state index contributed by atoms with van der Waals surface area (Å²) in [4.78, 5) is 13.9. The van der Waals surface area contributed by atoms with Gasteiger partial charge in [-0.3, -0.25) is 4.79 Å². The van der Waals surface area contributed by atoms with E-state index in [9.17, 15) is 10.0 Å². The summed E-state index contributed by atoms with van der Waals surface area (Å²) in [6, 6.07) is 18.6. The third-order valence-electron chi connectivity index (χ3n) is 4.60. The van der Waals surface area contributed by atoms with E-state index in [1.807, 2.05) is 48.5 Å². The van der Waals surface area contributed by atoms with E-state index in [1.165, 1.54) is 11.0 Å². The predicted octanol–water partition coefficient (Wildman–Crippen LogP) is 5.54. The van der Waals surface area contributed by atoms with E-state index in [-0.39, 0.29) is 6.61 Å². The van der Waals surface area contributed by atoms with Gasteiger partial charge in [0.15, 0.2) is 0 Å². The van der Waals surface area contributed by atoms with Crippen molar-refractivity contribution in [3.63, 3.8) is 0 Å². The van der Waals surface area contributed by atoms with Gasteiger partial charge < -0.3 is 19.4 Å². The minimum absolute atomic E-state index is 0.100. The summed E-state index contributed by atoms with van der Waals surface area (Å²) in [5.74, 6) is 2.37. The van der Waals surface area contributed by atoms with Crippen molar-refractivity contribution in [2.24, 2.45) is 0 Å². The Morgan fingerprint density at radius 2 is 1.56 bits per heavy atom. The van der Waals surface area contributed by atoms with E-state index < -0.39 is 5.56 Å². The number of rotatable bonds is 14. The zero-order valence-electron chi connectivity index (χ0n) is 18.9. The molecule has 0 spiro atoms. The minimum atomic E-state index is -0.467. The third kappa shape index (κ3) is 9.27. The molecular formula is C25H28ClNO5S2. The van der Waals surface area contributed by atoms with Crippen LogP contribution in [0.5, 0.6) is 5.75 Å². The van der Waals surface area contributed by atoms with Crippen LogP contribution in [0, 0.1) is 6.92 Å². The van der Waals surface area contributed by atoms with Gasteiger partial charge in [0, 0.05) is 32.4 Å². The highest BCUT2D eigenvalue weighted by atomic mass is 35.5. The number of aromatic nitrogens is 1. The molecule has 0 amide bonds. The molecular weight excluding hydrogens is 494 g/mol. The molecule has 6 nitrogen and oxygen atoms in total. The van der Waals surface area contributed by atoms with E-state index in [0.29, 0.717) is 42.6 Å². The molecule has 0 aliphatic carbocycles. The van der Waals surface area contributed by atoms with Crippen LogP contribution in [0.4, 0.5) is 0 Å². The van der Waals surface area contributed by atoms with Crippen molar-refractivity contribution in [1.82, 2.24) is 4.73 Å². The van der Waals surface area contributed by atoms with Crippen molar-refractivity contribution < 1.29 is 19.4 Å². The predicted molar refractivity (Wildman–Crippen MR) is 138 cm³/mol. The Bertz CT molecular complexity index is 1090.